The summed E-state index contributed by atoms with van der Waals surface area (Å²) < 4.78 is 12.2. The molecule has 1 amide bonds. The minimum Gasteiger partial charge on any atom is -0.264 e. The van der Waals surface area contributed by atoms with Crippen molar-refractivity contribution in [3.05, 3.63) is 22.0 Å². The predicted molar refractivity (Wildman–Crippen MR) is 33.5 cm³/mol. The number of allylic oxidation sites excluding steroid dienone is 1. The van der Waals surface area contributed by atoms with Crippen molar-refractivity contribution in [1.29, 1.82) is 0 Å². The number of carbonyl (C=O) groups is 1. The highest BCUT2D eigenvalue weighted by Gasteiger charge is 2.29. The first-order valence-electron chi connectivity index (χ1n) is 2.70. The Bertz CT molecular complexity index is 271. The minimum absolute atomic E-state index is 0.620. The van der Waals surface area contributed by atoms with Crippen molar-refractivity contribution in [2.75, 3.05) is 0 Å². The molecule has 0 spiro atoms. The van der Waals surface area contributed by atoms with Gasteiger partial charge in [-0.2, -0.15) is 0 Å². The first-order chi connectivity index (χ1) is 5.11. The van der Waals surface area contributed by atoms with Gasteiger partial charge in [-0.05, 0) is 0 Å². The molecule has 1 aliphatic heterocycles. The first-order valence-corrected chi connectivity index (χ1v) is 2.70. The van der Waals surface area contributed by atoms with Gasteiger partial charge in [-0.1, -0.05) is 0 Å². The summed E-state index contributed by atoms with van der Waals surface area (Å²) in [6.45, 7) is 0. The summed E-state index contributed by atoms with van der Waals surface area (Å²) >= 11 is 0. The lowest BCUT2D eigenvalue weighted by Crippen LogP contribution is -2.28. The van der Waals surface area contributed by atoms with Gasteiger partial charge in [0.2, 0.25) is 0 Å². The molecule has 0 aromatic heterocycles. The van der Waals surface area contributed by atoms with Gasteiger partial charge in [0.25, 0.3) is 0 Å². The van der Waals surface area contributed by atoms with E-state index >= 15 is 0 Å². The number of dihydropyridines is 1. The zero-order valence-electron chi connectivity index (χ0n) is 5.23. The Labute approximate surface area is 60.4 Å². The number of nitrogens with zero attached hydrogens (tertiary/aromatic N) is 2. The fraction of sp³-hybridized carbons (Fsp3) is 0.200. The van der Waals surface area contributed by atoms with E-state index in [9.17, 15) is 19.3 Å². The van der Waals surface area contributed by atoms with Crippen LogP contribution < -0.4 is 0 Å². The zero-order chi connectivity index (χ0) is 8.43. The van der Waals surface area contributed by atoms with Crippen molar-refractivity contribution in [2.45, 2.75) is 6.04 Å². The molecule has 0 radical (unpaired) electrons. The standard InChI is InChI=1S/C5H3FN2O3/c6-3-1-4(8(10)11)5(9)7-2-3/h1-2,4H. The van der Waals surface area contributed by atoms with Crippen LogP contribution in [0.4, 0.5) is 4.39 Å². The molecule has 1 rings (SSSR count). The smallest absolute Gasteiger partial charge is 0.264 e. The Morgan fingerprint density at radius 1 is 1.73 bits per heavy atom. The molecule has 1 aliphatic rings. The summed E-state index contributed by atoms with van der Waals surface area (Å²) in [5.41, 5.74) is 0. The van der Waals surface area contributed by atoms with Crippen LogP contribution in [0.25, 0.3) is 0 Å². The first kappa shape index (κ1) is 7.52. The molecular formula is C5H3FN2O3. The van der Waals surface area contributed by atoms with Crippen molar-refractivity contribution in [1.82, 2.24) is 0 Å². The lowest BCUT2D eigenvalue weighted by atomic mass is 10.2. The van der Waals surface area contributed by atoms with E-state index in [1.807, 2.05) is 0 Å². The molecule has 1 unspecified atom stereocenters. The van der Waals surface area contributed by atoms with E-state index in [0.29, 0.717) is 12.3 Å². The summed E-state index contributed by atoms with van der Waals surface area (Å²) in [5, 5.41) is 10.0. The largest absolute Gasteiger partial charge is 0.324 e. The van der Waals surface area contributed by atoms with E-state index < -0.39 is 22.7 Å². The van der Waals surface area contributed by atoms with E-state index in [2.05, 4.69) is 4.99 Å². The maximum absolute atomic E-state index is 12.2. The van der Waals surface area contributed by atoms with Crippen molar-refractivity contribution >= 4 is 12.1 Å². The Morgan fingerprint density at radius 3 is 2.82 bits per heavy atom. The third kappa shape index (κ3) is 1.46. The highest BCUT2D eigenvalue weighted by molar-refractivity contribution is 5.97. The molecule has 6 heteroatoms. The molecule has 0 aromatic rings. The SMILES string of the molecule is O=C1N=CC(F)=CC1[N+](=O)[O-]. The van der Waals surface area contributed by atoms with Gasteiger partial charge in [0, 0.05) is 11.0 Å². The second-order valence-corrected chi connectivity index (χ2v) is 1.88. The summed E-state index contributed by atoms with van der Waals surface area (Å²) in [4.78, 5) is 22.6. The molecule has 58 valence electrons. The molecule has 1 atom stereocenters. The van der Waals surface area contributed by atoms with Gasteiger partial charge >= 0.3 is 11.9 Å². The van der Waals surface area contributed by atoms with Gasteiger partial charge in [-0.15, -0.1) is 0 Å². The number of halogens is 1. The van der Waals surface area contributed by atoms with Crippen LogP contribution in [0.1, 0.15) is 0 Å². The number of hydrogen-bond acceptors (Lipinski definition) is 3. The highest BCUT2D eigenvalue weighted by Crippen LogP contribution is 2.06. The van der Waals surface area contributed by atoms with Crippen LogP contribution in [-0.2, 0) is 4.79 Å². The average molecular weight is 158 g/mol. The Kier molecular flexibility index (Phi) is 1.75. The summed E-state index contributed by atoms with van der Waals surface area (Å²) in [6, 6.07) is -1.65. The van der Waals surface area contributed by atoms with Crippen LogP contribution >= 0.6 is 0 Å². The van der Waals surface area contributed by atoms with Crippen molar-refractivity contribution in [3.63, 3.8) is 0 Å². The second kappa shape index (κ2) is 2.57. The summed E-state index contributed by atoms with van der Waals surface area (Å²) in [6.07, 6.45) is 1.28. The predicted octanol–water partition coefficient (Wildman–Crippen LogP) is 0.0961. The molecule has 5 nitrogen and oxygen atoms in total. The van der Waals surface area contributed by atoms with Crippen molar-refractivity contribution in [2.24, 2.45) is 4.99 Å². The van der Waals surface area contributed by atoms with Crippen LogP contribution in [0.2, 0.25) is 0 Å². The van der Waals surface area contributed by atoms with Gasteiger partial charge < -0.3 is 0 Å². The van der Waals surface area contributed by atoms with E-state index in [0.717, 1.165) is 0 Å². The normalized spacial score (nSPS) is 23.2. The second-order valence-electron chi connectivity index (χ2n) is 1.88. The van der Waals surface area contributed by atoms with Crippen molar-refractivity contribution in [3.8, 4) is 0 Å². The van der Waals surface area contributed by atoms with Gasteiger partial charge in [0.05, 0.1) is 6.21 Å². The minimum atomic E-state index is -1.65. The molecule has 11 heavy (non-hydrogen) atoms. The lowest BCUT2D eigenvalue weighted by Gasteiger charge is -2.02. The van der Waals surface area contributed by atoms with E-state index in [-0.39, 0.29) is 0 Å². The zero-order valence-corrected chi connectivity index (χ0v) is 5.23. The maximum atomic E-state index is 12.2. The van der Waals surface area contributed by atoms with Crippen LogP contribution in [0.3, 0.4) is 0 Å². The fourth-order valence-corrected chi connectivity index (χ4v) is 0.618. The van der Waals surface area contributed by atoms with Gasteiger partial charge in [-0.25, -0.2) is 9.38 Å². The summed E-state index contributed by atoms with van der Waals surface area (Å²) in [5.74, 6) is -1.80. The van der Waals surface area contributed by atoms with Gasteiger partial charge in [0.1, 0.15) is 5.83 Å². The van der Waals surface area contributed by atoms with Gasteiger partial charge in [0.15, 0.2) is 0 Å². The maximum Gasteiger partial charge on any atom is 0.324 e. The van der Waals surface area contributed by atoms with Crippen LogP contribution in [0.5, 0.6) is 0 Å². The molecule has 0 N–H and O–H groups in total. The number of aliphatic imine (C=N–C) groups is 1. The van der Waals surface area contributed by atoms with Gasteiger partial charge in [-0.3, -0.25) is 14.9 Å². The van der Waals surface area contributed by atoms with Crippen LogP contribution in [0, 0.1) is 10.1 Å². The quantitative estimate of drug-likeness (QED) is 0.401. The molecule has 0 fully saturated rings. The third-order valence-corrected chi connectivity index (χ3v) is 1.11. The Balaban J connectivity index is 2.90. The Morgan fingerprint density at radius 2 is 2.36 bits per heavy atom. The monoisotopic (exact) mass is 158 g/mol. The van der Waals surface area contributed by atoms with Crippen molar-refractivity contribution < 1.29 is 14.1 Å². The molecule has 0 saturated heterocycles. The number of rotatable bonds is 1. The third-order valence-electron chi connectivity index (χ3n) is 1.11. The number of hydrogen-bond donors (Lipinski definition) is 0. The lowest BCUT2D eigenvalue weighted by molar-refractivity contribution is -0.495. The molecule has 0 aromatic carbocycles. The van der Waals surface area contributed by atoms with Crippen LogP contribution in [0.15, 0.2) is 16.9 Å². The highest BCUT2D eigenvalue weighted by atomic mass is 19.1. The van der Waals surface area contributed by atoms with E-state index in [1.165, 1.54) is 0 Å². The number of nitro groups is 1. The number of amides is 1. The average Bonchev–Trinajstić information content (AvgIpc) is 1.94. The topological polar surface area (TPSA) is 72.6 Å². The molecule has 0 saturated carbocycles. The molecule has 0 bridgehead atoms. The molecule has 0 aliphatic carbocycles. The molecule has 1 heterocycles. The van der Waals surface area contributed by atoms with Crippen LogP contribution in [-0.4, -0.2) is 23.1 Å². The van der Waals surface area contributed by atoms with E-state index in [4.69, 9.17) is 0 Å². The molecular weight excluding hydrogens is 155 g/mol. The fourth-order valence-electron chi connectivity index (χ4n) is 0.618. The summed E-state index contributed by atoms with van der Waals surface area (Å²) in [7, 11) is 0. The number of carbonyl (C=O) groups excluding carboxylic acids is 1. The Hall–Kier alpha value is -1.59. The van der Waals surface area contributed by atoms with E-state index in [1.54, 1.807) is 0 Å².